The van der Waals surface area contributed by atoms with Crippen molar-refractivity contribution in [2.75, 3.05) is 0 Å². The lowest BCUT2D eigenvalue weighted by molar-refractivity contribution is -0.0240. The zero-order valence-electron chi connectivity index (χ0n) is 13.3. The van der Waals surface area contributed by atoms with Gasteiger partial charge >= 0.3 is 0 Å². The van der Waals surface area contributed by atoms with Crippen molar-refractivity contribution in [3.63, 3.8) is 0 Å². The number of allylic oxidation sites excluding steroid dienone is 2. The molecule has 1 unspecified atom stereocenters. The average Bonchev–Trinajstić information content (AvgIpc) is 2.49. The quantitative estimate of drug-likeness (QED) is 0.755. The minimum absolute atomic E-state index is 0.160. The summed E-state index contributed by atoms with van der Waals surface area (Å²) in [7, 11) is 0. The molecule has 1 aromatic carbocycles. The summed E-state index contributed by atoms with van der Waals surface area (Å²) in [6.07, 6.45) is 9.40. The molecule has 0 aromatic heterocycles. The topological polar surface area (TPSA) is 40.5 Å². The molecule has 1 fully saturated rings. The third-order valence-corrected chi connectivity index (χ3v) is 4.98. The normalized spacial score (nSPS) is 20.2. The van der Waals surface area contributed by atoms with Gasteiger partial charge in [-0.1, -0.05) is 43.0 Å². The van der Waals surface area contributed by atoms with Crippen LogP contribution in [0.2, 0.25) is 0 Å². The Bertz CT molecular complexity index is 467. The first kappa shape index (κ1) is 16.1. The van der Waals surface area contributed by atoms with Crippen LogP contribution >= 0.6 is 0 Å². The van der Waals surface area contributed by atoms with Crippen molar-refractivity contribution in [3.05, 3.63) is 41.5 Å². The summed E-state index contributed by atoms with van der Waals surface area (Å²) in [6, 6.07) is 7.41. The fourth-order valence-electron chi connectivity index (χ4n) is 3.48. The van der Waals surface area contributed by atoms with Crippen LogP contribution in [0.5, 0.6) is 5.75 Å². The molecule has 1 aromatic rings. The van der Waals surface area contributed by atoms with E-state index in [1.165, 1.54) is 12.0 Å². The number of aromatic hydroxyl groups is 1. The van der Waals surface area contributed by atoms with Gasteiger partial charge in [-0.3, -0.25) is 0 Å². The van der Waals surface area contributed by atoms with Gasteiger partial charge in [0, 0.05) is 5.92 Å². The first-order valence-electron chi connectivity index (χ1n) is 8.18. The largest absolute Gasteiger partial charge is 0.508 e. The standard InChI is InChI=1S/C19H28O2/c1-3-15(2)7-12-18(16-8-10-17(20)11-9-16)19(21)13-5-4-6-14-19/h3,8-11,18,20-21H,4-7,12-14H2,1-2H3/b15-3+. The number of phenols is 1. The zero-order valence-corrected chi connectivity index (χ0v) is 13.3. The van der Waals surface area contributed by atoms with Crippen LogP contribution in [0.15, 0.2) is 35.9 Å². The van der Waals surface area contributed by atoms with Gasteiger partial charge < -0.3 is 10.2 Å². The van der Waals surface area contributed by atoms with Crippen molar-refractivity contribution in [2.24, 2.45) is 0 Å². The van der Waals surface area contributed by atoms with E-state index in [0.717, 1.165) is 44.1 Å². The second-order valence-corrected chi connectivity index (χ2v) is 6.48. The van der Waals surface area contributed by atoms with Crippen LogP contribution in [0.3, 0.4) is 0 Å². The third kappa shape index (κ3) is 4.10. The van der Waals surface area contributed by atoms with E-state index in [4.69, 9.17) is 0 Å². The van der Waals surface area contributed by atoms with E-state index in [0.29, 0.717) is 0 Å². The monoisotopic (exact) mass is 288 g/mol. The van der Waals surface area contributed by atoms with E-state index in [9.17, 15) is 10.2 Å². The molecular weight excluding hydrogens is 260 g/mol. The second-order valence-electron chi connectivity index (χ2n) is 6.48. The Morgan fingerprint density at radius 2 is 1.81 bits per heavy atom. The molecular formula is C19H28O2. The van der Waals surface area contributed by atoms with Crippen molar-refractivity contribution in [3.8, 4) is 5.75 Å². The number of benzene rings is 1. The van der Waals surface area contributed by atoms with Gasteiger partial charge in [-0.25, -0.2) is 0 Å². The van der Waals surface area contributed by atoms with E-state index in [1.807, 2.05) is 12.1 Å². The van der Waals surface area contributed by atoms with Gasteiger partial charge in [-0.2, -0.15) is 0 Å². The highest BCUT2D eigenvalue weighted by atomic mass is 16.3. The molecule has 2 rings (SSSR count). The van der Waals surface area contributed by atoms with E-state index < -0.39 is 5.60 Å². The Hall–Kier alpha value is -1.28. The maximum atomic E-state index is 11.2. The predicted octanol–water partition coefficient (Wildman–Crippen LogP) is 4.92. The molecule has 1 saturated carbocycles. The van der Waals surface area contributed by atoms with Crippen LogP contribution in [0, 0.1) is 0 Å². The van der Waals surface area contributed by atoms with E-state index in [1.54, 1.807) is 12.1 Å². The van der Waals surface area contributed by atoms with Crippen LogP contribution in [0.25, 0.3) is 0 Å². The van der Waals surface area contributed by atoms with Crippen molar-refractivity contribution in [2.45, 2.75) is 70.3 Å². The van der Waals surface area contributed by atoms with Gasteiger partial charge in [0.15, 0.2) is 0 Å². The molecule has 1 aliphatic carbocycles. The minimum atomic E-state index is -0.580. The molecule has 21 heavy (non-hydrogen) atoms. The number of aliphatic hydroxyl groups is 1. The Labute approximate surface area is 128 Å². The van der Waals surface area contributed by atoms with Crippen LogP contribution in [0.1, 0.15) is 70.3 Å². The molecule has 116 valence electrons. The number of hydrogen-bond donors (Lipinski definition) is 2. The van der Waals surface area contributed by atoms with Crippen molar-refractivity contribution < 1.29 is 10.2 Å². The van der Waals surface area contributed by atoms with Crippen molar-refractivity contribution in [1.29, 1.82) is 0 Å². The highest BCUT2D eigenvalue weighted by Crippen LogP contribution is 2.43. The van der Waals surface area contributed by atoms with Crippen LogP contribution in [0.4, 0.5) is 0 Å². The number of phenolic OH excluding ortho intramolecular Hbond substituents is 1. The minimum Gasteiger partial charge on any atom is -0.508 e. The van der Waals surface area contributed by atoms with Gasteiger partial charge in [-0.15, -0.1) is 0 Å². The second kappa shape index (κ2) is 7.13. The zero-order chi connectivity index (χ0) is 15.3. The molecule has 1 atom stereocenters. The summed E-state index contributed by atoms with van der Waals surface area (Å²) in [5, 5.41) is 20.7. The lowest BCUT2D eigenvalue weighted by Crippen LogP contribution is -2.38. The summed E-state index contributed by atoms with van der Waals surface area (Å²) in [5.41, 5.74) is 1.95. The molecule has 0 saturated heterocycles. The summed E-state index contributed by atoms with van der Waals surface area (Å²) in [5.74, 6) is 0.450. The maximum absolute atomic E-state index is 11.2. The molecule has 0 aliphatic heterocycles. The van der Waals surface area contributed by atoms with Gasteiger partial charge in [-0.05, 0) is 57.2 Å². The molecule has 0 spiro atoms. The Morgan fingerprint density at radius 1 is 1.19 bits per heavy atom. The lowest BCUT2D eigenvalue weighted by atomic mass is 9.71. The highest BCUT2D eigenvalue weighted by Gasteiger charge is 2.38. The Kier molecular flexibility index (Phi) is 5.46. The highest BCUT2D eigenvalue weighted by molar-refractivity contribution is 5.30. The summed E-state index contributed by atoms with van der Waals surface area (Å²) in [6.45, 7) is 4.22. The van der Waals surface area contributed by atoms with Crippen LogP contribution < -0.4 is 0 Å². The Balaban J connectivity index is 2.22. The van der Waals surface area contributed by atoms with Gasteiger partial charge in [0.2, 0.25) is 0 Å². The van der Waals surface area contributed by atoms with E-state index in [2.05, 4.69) is 19.9 Å². The molecule has 1 aliphatic rings. The molecule has 2 nitrogen and oxygen atoms in total. The predicted molar refractivity (Wildman–Crippen MR) is 87.5 cm³/mol. The average molecular weight is 288 g/mol. The van der Waals surface area contributed by atoms with E-state index >= 15 is 0 Å². The molecule has 0 amide bonds. The van der Waals surface area contributed by atoms with E-state index in [-0.39, 0.29) is 11.7 Å². The molecule has 0 radical (unpaired) electrons. The fraction of sp³-hybridized carbons (Fsp3) is 0.579. The summed E-state index contributed by atoms with van der Waals surface area (Å²) < 4.78 is 0. The third-order valence-electron chi connectivity index (χ3n) is 4.98. The fourth-order valence-corrected chi connectivity index (χ4v) is 3.48. The maximum Gasteiger partial charge on any atom is 0.115 e. The van der Waals surface area contributed by atoms with Crippen LogP contribution in [-0.4, -0.2) is 15.8 Å². The lowest BCUT2D eigenvalue weighted by Gasteiger charge is -2.40. The van der Waals surface area contributed by atoms with Gasteiger partial charge in [0.1, 0.15) is 5.75 Å². The summed E-state index contributed by atoms with van der Waals surface area (Å²) in [4.78, 5) is 0. The van der Waals surface area contributed by atoms with Gasteiger partial charge in [0.25, 0.3) is 0 Å². The molecule has 0 bridgehead atoms. The number of rotatable bonds is 5. The molecule has 2 N–H and O–H groups in total. The van der Waals surface area contributed by atoms with Crippen LogP contribution in [-0.2, 0) is 0 Å². The molecule has 0 heterocycles. The first-order chi connectivity index (χ1) is 10.0. The van der Waals surface area contributed by atoms with Gasteiger partial charge in [0.05, 0.1) is 5.60 Å². The molecule has 2 heteroatoms. The number of hydrogen-bond acceptors (Lipinski definition) is 2. The first-order valence-corrected chi connectivity index (χ1v) is 8.18. The van der Waals surface area contributed by atoms with Crippen molar-refractivity contribution in [1.82, 2.24) is 0 Å². The smallest absolute Gasteiger partial charge is 0.115 e. The Morgan fingerprint density at radius 3 is 2.38 bits per heavy atom. The van der Waals surface area contributed by atoms with Crippen molar-refractivity contribution >= 4 is 0 Å². The SMILES string of the molecule is C/C=C(\C)CCC(c1ccc(O)cc1)C1(O)CCCCC1. The summed E-state index contributed by atoms with van der Waals surface area (Å²) >= 11 is 0.